The van der Waals surface area contributed by atoms with E-state index in [2.05, 4.69) is 38.4 Å². The lowest BCUT2D eigenvalue weighted by atomic mass is 9.87. The summed E-state index contributed by atoms with van der Waals surface area (Å²) >= 11 is 3.13. The molecule has 0 aliphatic rings. The summed E-state index contributed by atoms with van der Waals surface area (Å²) in [5.74, 6) is -0.470. The van der Waals surface area contributed by atoms with Crippen LogP contribution in [0.15, 0.2) is 41.4 Å². The van der Waals surface area contributed by atoms with Gasteiger partial charge in [0.15, 0.2) is 5.84 Å². The molecule has 0 radical (unpaired) electrons. The van der Waals surface area contributed by atoms with Gasteiger partial charge in [-0.25, -0.2) is 0 Å². The number of nitrogens with one attached hydrogen (secondary N) is 1. The minimum Gasteiger partial charge on any atom is -0.402 e. The van der Waals surface area contributed by atoms with Gasteiger partial charge in [0.05, 0.1) is 18.2 Å². The third-order valence-corrected chi connectivity index (χ3v) is 5.70. The fourth-order valence-electron chi connectivity index (χ4n) is 3.19. The number of hydrogen-bond acceptors (Lipinski definition) is 3. The third kappa shape index (κ3) is 7.61. The van der Waals surface area contributed by atoms with E-state index < -0.39 is 11.7 Å². The molecule has 2 aromatic carbocycles. The molecule has 180 valence electrons. The quantitative estimate of drug-likeness (QED) is 0.333. The van der Waals surface area contributed by atoms with Crippen molar-refractivity contribution >= 4 is 23.7 Å². The van der Waals surface area contributed by atoms with Crippen molar-refractivity contribution in [3.05, 3.63) is 64.2 Å². The number of likely N-dealkylation sites (N-methyl/N-ethyl adjacent to an activating group) is 1. The van der Waals surface area contributed by atoms with Gasteiger partial charge in [0.1, 0.15) is 5.75 Å². The number of hydrogen-bond donors (Lipinski definition) is 1. The summed E-state index contributed by atoms with van der Waals surface area (Å²) in [6.45, 7) is 11.5. The van der Waals surface area contributed by atoms with Crippen molar-refractivity contribution in [1.29, 1.82) is 5.41 Å². The molecule has 0 aliphatic carbocycles. The number of halogens is 3. The average Bonchev–Trinajstić information content (AvgIpc) is 2.71. The van der Waals surface area contributed by atoms with E-state index in [1.165, 1.54) is 6.07 Å². The molecule has 0 saturated heterocycles. The van der Waals surface area contributed by atoms with Gasteiger partial charge in [0, 0.05) is 12.1 Å². The van der Waals surface area contributed by atoms with Gasteiger partial charge in [0.2, 0.25) is 0 Å². The molecule has 8 heteroatoms. The summed E-state index contributed by atoms with van der Waals surface area (Å²) in [4.78, 5) is 6.04. The van der Waals surface area contributed by atoms with E-state index in [-0.39, 0.29) is 22.2 Å². The number of rotatable bonds is 6. The molecular weight excluding hydrogens is 447 g/mol. The van der Waals surface area contributed by atoms with Crippen molar-refractivity contribution in [2.24, 2.45) is 4.99 Å². The zero-order valence-corrected chi connectivity index (χ0v) is 21.0. The molecule has 0 aliphatic heterocycles. The zero-order valence-electron chi connectivity index (χ0n) is 20.0. The second kappa shape index (κ2) is 10.7. The summed E-state index contributed by atoms with van der Waals surface area (Å²) in [5.41, 5.74) is 2.06. The average molecular weight is 481 g/mol. The van der Waals surface area contributed by atoms with Crippen LogP contribution in [0.2, 0.25) is 0 Å². The standard InChI is InChI=1S/C25H32F3N3OS/c1-7-31(6)13-12-18-15-20(25(26,27)28)21(14-16(18)2)32-23(33)30-22(29)17-8-10-19(11-9-17)24(3,4)5/h8-11,14-15H,7,12-13H2,1-6H3,(H2,29,30,33)/p+1. The van der Waals surface area contributed by atoms with E-state index in [4.69, 9.17) is 10.1 Å². The van der Waals surface area contributed by atoms with Crippen molar-refractivity contribution in [3.63, 3.8) is 0 Å². The predicted molar refractivity (Wildman–Crippen MR) is 133 cm³/mol. The van der Waals surface area contributed by atoms with Crippen LogP contribution in [0.25, 0.3) is 0 Å². The molecule has 0 saturated carbocycles. The Morgan fingerprint density at radius 3 is 2.24 bits per heavy atom. The van der Waals surface area contributed by atoms with Crippen molar-refractivity contribution in [2.75, 3.05) is 20.1 Å². The van der Waals surface area contributed by atoms with Gasteiger partial charge in [-0.2, -0.15) is 13.2 Å². The molecule has 4 nitrogen and oxygen atoms in total. The first-order valence-corrected chi connectivity index (χ1v) is 11.3. The summed E-state index contributed by atoms with van der Waals surface area (Å²) in [5, 5.41) is 7.97. The molecule has 0 unspecified atom stereocenters. The van der Waals surface area contributed by atoms with Gasteiger partial charge in [0.25, 0.3) is 0 Å². The molecule has 1 N–H and O–H groups in total. The second-order valence-electron chi connectivity index (χ2n) is 9.11. The Balaban J connectivity index is 2.28. The zero-order chi connectivity index (χ0) is 25.0. The number of amidine groups is 1. The largest absolute Gasteiger partial charge is 0.419 e. The smallest absolute Gasteiger partial charge is 0.402 e. The van der Waals surface area contributed by atoms with E-state index in [0.717, 1.165) is 18.2 Å². The highest BCUT2D eigenvalue weighted by Gasteiger charge is 2.36. The summed E-state index contributed by atoms with van der Waals surface area (Å²) in [6, 6.07) is 9.87. The highest BCUT2D eigenvalue weighted by molar-refractivity contribution is 7.77. The highest BCUT2D eigenvalue weighted by atomic mass is 32.1. The fourth-order valence-corrected chi connectivity index (χ4v) is 3.41. The number of alkyl halides is 3. The first-order valence-electron chi connectivity index (χ1n) is 10.8. The molecule has 0 heterocycles. The number of benzene rings is 2. The van der Waals surface area contributed by atoms with Crippen molar-refractivity contribution in [3.8, 4) is 5.75 Å². The van der Waals surface area contributed by atoms with E-state index in [1.54, 1.807) is 19.1 Å². The Kier molecular flexibility index (Phi) is 8.76. The summed E-state index contributed by atoms with van der Waals surface area (Å²) in [6.07, 6.45) is -4.08. The van der Waals surface area contributed by atoms with E-state index in [1.807, 2.05) is 31.0 Å². The maximum atomic E-state index is 13.7. The molecule has 0 amide bonds. The van der Waals surface area contributed by atoms with Gasteiger partial charge >= 0.3 is 11.4 Å². The van der Waals surface area contributed by atoms with Crippen LogP contribution in [-0.2, 0) is 30.6 Å². The molecule has 0 fully saturated rings. The van der Waals surface area contributed by atoms with Crippen LogP contribution in [-0.4, -0.2) is 36.1 Å². The van der Waals surface area contributed by atoms with Crippen LogP contribution in [0.5, 0.6) is 5.75 Å². The molecule has 33 heavy (non-hydrogen) atoms. The molecule has 0 atom stereocenters. The van der Waals surface area contributed by atoms with E-state index in [9.17, 15) is 13.2 Å². The van der Waals surface area contributed by atoms with Gasteiger partial charge in [-0.05, 0) is 61.2 Å². The minimum atomic E-state index is -4.59. The van der Waals surface area contributed by atoms with Crippen molar-refractivity contribution in [2.45, 2.75) is 52.6 Å². The van der Waals surface area contributed by atoms with Crippen LogP contribution in [0.1, 0.15) is 55.5 Å². The van der Waals surface area contributed by atoms with Crippen LogP contribution < -0.4 is 4.74 Å². The molecule has 2 rings (SSSR count). The molecule has 0 bridgehead atoms. The maximum Gasteiger partial charge on any atom is 0.419 e. The van der Waals surface area contributed by atoms with Gasteiger partial charge in [-0.15, -0.1) is 4.99 Å². The first-order chi connectivity index (χ1) is 15.2. The number of aliphatic imine (C=N–C) groups is 1. The monoisotopic (exact) mass is 480 g/mol. The van der Waals surface area contributed by atoms with Crippen LogP contribution in [0.4, 0.5) is 13.2 Å². The minimum absolute atomic E-state index is 0.0304. The molecule has 2 aromatic rings. The topological polar surface area (TPSA) is 48.7 Å². The van der Waals surface area contributed by atoms with Crippen LogP contribution in [0.3, 0.4) is 0 Å². The Hall–Kier alpha value is -2.32. The SMILES string of the molecule is CCN(C)CCc1cc(C(F)(F)F)c(OC([SH2+])=NC(=N)c2ccc(C(C)(C)C)cc2)cc1C. The predicted octanol–water partition coefficient (Wildman–Crippen LogP) is 5.58. The Bertz CT molecular complexity index is 1010. The van der Waals surface area contributed by atoms with E-state index >= 15 is 0 Å². The van der Waals surface area contributed by atoms with E-state index in [0.29, 0.717) is 29.7 Å². The lowest BCUT2D eigenvalue weighted by Gasteiger charge is -2.19. The maximum absolute atomic E-state index is 13.7. The van der Waals surface area contributed by atoms with Crippen molar-refractivity contribution < 1.29 is 17.9 Å². The Morgan fingerprint density at radius 1 is 1.12 bits per heavy atom. The number of aryl methyl sites for hydroxylation is 1. The van der Waals surface area contributed by atoms with Crippen molar-refractivity contribution in [1.82, 2.24) is 4.90 Å². The van der Waals surface area contributed by atoms with Crippen LogP contribution in [0, 0.1) is 12.3 Å². The Labute approximate surface area is 199 Å². The Morgan fingerprint density at radius 2 is 1.73 bits per heavy atom. The van der Waals surface area contributed by atoms with Gasteiger partial charge in [-0.1, -0.05) is 52.0 Å². The first kappa shape index (κ1) is 26.9. The number of ether oxygens (including phenoxy) is 1. The third-order valence-electron chi connectivity index (χ3n) is 5.49. The number of nitrogens with zero attached hydrogens (tertiary/aromatic N) is 2. The lowest BCUT2D eigenvalue weighted by molar-refractivity contribution is -0.138. The molecule has 0 aromatic heterocycles. The normalized spacial score (nSPS) is 12.9. The van der Waals surface area contributed by atoms with Crippen LogP contribution >= 0.6 is 0 Å². The fraction of sp³-hybridized carbons (Fsp3) is 0.440. The second-order valence-corrected chi connectivity index (χ2v) is 9.54. The lowest BCUT2D eigenvalue weighted by Crippen LogP contribution is -2.21. The molecule has 0 spiro atoms. The van der Waals surface area contributed by atoms with Gasteiger partial charge in [-0.3, -0.25) is 5.41 Å². The molecular formula is C25H33F3N3OS+. The summed E-state index contributed by atoms with van der Waals surface area (Å²) < 4.78 is 46.7. The van der Waals surface area contributed by atoms with Gasteiger partial charge < -0.3 is 9.64 Å². The highest BCUT2D eigenvalue weighted by Crippen LogP contribution is 2.38. The summed E-state index contributed by atoms with van der Waals surface area (Å²) in [7, 11) is 1.93.